The van der Waals surface area contributed by atoms with Crippen molar-refractivity contribution in [1.29, 1.82) is 0 Å². The van der Waals surface area contributed by atoms with Crippen LogP contribution in [0.5, 0.6) is 0 Å². The molecule has 0 aliphatic carbocycles. The maximum atomic E-state index is 5.35. The van der Waals surface area contributed by atoms with E-state index in [2.05, 4.69) is 220 Å². The van der Waals surface area contributed by atoms with Crippen molar-refractivity contribution >= 4 is 87.1 Å². The van der Waals surface area contributed by atoms with Gasteiger partial charge in [-0.05, 0) is 84.2 Å². The number of hydrogen-bond acceptors (Lipinski definition) is 2. The smallest absolute Gasteiger partial charge is 0.160 e. The van der Waals surface area contributed by atoms with E-state index in [1.54, 1.807) is 0 Å². The molecule has 302 valence electrons. The average Bonchev–Trinajstić information content (AvgIpc) is 4.01. The van der Waals surface area contributed by atoms with Crippen molar-refractivity contribution in [2.75, 3.05) is 0 Å². The van der Waals surface area contributed by atoms with Crippen molar-refractivity contribution in [2.45, 2.75) is 0 Å². The molecule has 0 fully saturated rings. The number of fused-ring (bicyclic) bond motifs is 12. The Labute approximate surface area is 373 Å². The number of para-hydroxylation sites is 4. The van der Waals surface area contributed by atoms with Gasteiger partial charge < -0.3 is 13.7 Å². The fourth-order valence-electron chi connectivity index (χ4n) is 10.5. The highest BCUT2D eigenvalue weighted by molar-refractivity contribution is 6.15. The minimum absolute atomic E-state index is 0.710. The molecule has 4 heterocycles. The summed E-state index contributed by atoms with van der Waals surface area (Å²) in [6.45, 7) is 0. The summed E-state index contributed by atoms with van der Waals surface area (Å²) >= 11 is 0. The van der Waals surface area contributed by atoms with Crippen LogP contribution in [0, 0.1) is 0 Å². The molecule has 0 unspecified atom stereocenters. The number of nitrogens with zero attached hydrogens (tertiary/aromatic N) is 5. The van der Waals surface area contributed by atoms with Crippen molar-refractivity contribution in [3.05, 3.63) is 224 Å². The average molecular weight is 828 g/mol. The highest BCUT2D eigenvalue weighted by Gasteiger charge is 2.20. The molecule has 5 nitrogen and oxygen atoms in total. The van der Waals surface area contributed by atoms with Crippen LogP contribution in [-0.2, 0) is 0 Å². The standard InChI is InChI=1S/C60H37N5/c1-2-16-39(17-3-1)60-61-58(49-32-29-38-15-4-5-20-44(38)59(49)62-60)40-18-14-19-41(35-40)63-56-33-30-42(64-52-25-10-6-21-45(52)46-22-7-11-26-53(46)64)36-50(56)51-37-43(31-34-57(51)63)65-54-27-12-8-23-47(54)48-24-9-13-28-55(48)65/h1-37H. The lowest BCUT2D eigenvalue weighted by atomic mass is 10.0. The van der Waals surface area contributed by atoms with Crippen LogP contribution in [-0.4, -0.2) is 23.7 Å². The lowest BCUT2D eigenvalue weighted by Crippen LogP contribution is -1.98. The molecule has 5 heteroatoms. The minimum atomic E-state index is 0.710. The summed E-state index contributed by atoms with van der Waals surface area (Å²) < 4.78 is 7.26. The lowest BCUT2D eigenvalue weighted by molar-refractivity contribution is 1.16. The normalized spacial score (nSPS) is 12.0. The van der Waals surface area contributed by atoms with E-state index < -0.39 is 0 Å². The van der Waals surface area contributed by atoms with Crippen LogP contribution in [0.4, 0.5) is 0 Å². The van der Waals surface area contributed by atoms with Gasteiger partial charge in [-0.2, -0.15) is 0 Å². The molecule has 0 bridgehead atoms. The van der Waals surface area contributed by atoms with E-state index in [4.69, 9.17) is 9.97 Å². The molecule has 0 saturated carbocycles. The van der Waals surface area contributed by atoms with Crippen molar-refractivity contribution in [3.63, 3.8) is 0 Å². The summed E-state index contributed by atoms with van der Waals surface area (Å²) in [4.78, 5) is 10.6. The molecule has 65 heavy (non-hydrogen) atoms. The zero-order chi connectivity index (χ0) is 42.6. The second-order valence-electron chi connectivity index (χ2n) is 17.0. The molecule has 0 radical (unpaired) electrons. The molecular weight excluding hydrogens is 791 g/mol. The second kappa shape index (κ2) is 13.9. The van der Waals surface area contributed by atoms with Gasteiger partial charge in [-0.3, -0.25) is 0 Å². The summed E-state index contributed by atoms with van der Waals surface area (Å²) in [7, 11) is 0. The number of rotatable bonds is 5. The van der Waals surface area contributed by atoms with Crippen molar-refractivity contribution in [3.8, 4) is 39.7 Å². The molecule has 0 amide bonds. The van der Waals surface area contributed by atoms with Gasteiger partial charge in [0.2, 0.25) is 0 Å². The highest BCUT2D eigenvalue weighted by atomic mass is 15.0. The van der Waals surface area contributed by atoms with Gasteiger partial charge >= 0.3 is 0 Å². The molecule has 4 aromatic heterocycles. The summed E-state index contributed by atoms with van der Waals surface area (Å²) in [6, 6.07) is 81.0. The van der Waals surface area contributed by atoms with Gasteiger partial charge in [0.25, 0.3) is 0 Å². The lowest BCUT2D eigenvalue weighted by Gasteiger charge is -2.14. The molecule has 0 saturated heterocycles. The van der Waals surface area contributed by atoms with E-state index in [0.717, 1.165) is 66.6 Å². The first-order valence-corrected chi connectivity index (χ1v) is 22.2. The molecule has 10 aromatic carbocycles. The van der Waals surface area contributed by atoms with Gasteiger partial charge in [0.15, 0.2) is 5.82 Å². The first kappa shape index (κ1) is 35.8. The van der Waals surface area contributed by atoms with Crippen LogP contribution in [0.25, 0.3) is 127 Å². The van der Waals surface area contributed by atoms with Crippen LogP contribution in [0.2, 0.25) is 0 Å². The first-order valence-electron chi connectivity index (χ1n) is 22.2. The van der Waals surface area contributed by atoms with E-state index in [-0.39, 0.29) is 0 Å². The SMILES string of the molecule is c1ccc(-c2nc(-c3cccc(-n4c5ccc(-n6c7ccccc7c7ccccc76)cc5c5cc(-n6c7ccccc7c7ccccc76)ccc54)c3)c3ccc4ccccc4c3n2)cc1. The number of aromatic nitrogens is 5. The fraction of sp³-hybridized carbons (Fsp3) is 0. The molecule has 0 spiro atoms. The first-order chi connectivity index (χ1) is 32.2. The zero-order valence-electron chi connectivity index (χ0n) is 35.1. The van der Waals surface area contributed by atoms with Crippen LogP contribution >= 0.6 is 0 Å². The van der Waals surface area contributed by atoms with Crippen LogP contribution in [0.1, 0.15) is 0 Å². The Hall–Kier alpha value is -8.80. The summed E-state index contributed by atoms with van der Waals surface area (Å²) in [6.07, 6.45) is 0. The Morgan fingerprint density at radius 1 is 0.262 bits per heavy atom. The van der Waals surface area contributed by atoms with Gasteiger partial charge in [-0.1, -0.05) is 146 Å². The second-order valence-corrected chi connectivity index (χ2v) is 17.0. The molecule has 0 aliphatic heterocycles. The van der Waals surface area contributed by atoms with E-state index in [0.29, 0.717) is 5.82 Å². The van der Waals surface area contributed by atoms with Crippen molar-refractivity contribution < 1.29 is 0 Å². The quantitative estimate of drug-likeness (QED) is 0.162. The topological polar surface area (TPSA) is 40.6 Å². The van der Waals surface area contributed by atoms with Crippen LogP contribution in [0.15, 0.2) is 224 Å². The Bertz CT molecular complexity index is 3970. The molecule has 14 rings (SSSR count). The van der Waals surface area contributed by atoms with Gasteiger partial charge in [0.1, 0.15) is 0 Å². The maximum absolute atomic E-state index is 5.35. The largest absolute Gasteiger partial charge is 0.309 e. The third-order valence-electron chi connectivity index (χ3n) is 13.4. The summed E-state index contributed by atoms with van der Waals surface area (Å²) in [5, 5.41) is 10.6. The zero-order valence-corrected chi connectivity index (χ0v) is 35.1. The molecule has 0 atom stereocenters. The monoisotopic (exact) mass is 827 g/mol. The number of benzene rings is 10. The Kier molecular flexibility index (Phi) is 7.62. The van der Waals surface area contributed by atoms with Gasteiger partial charge in [-0.15, -0.1) is 0 Å². The predicted octanol–water partition coefficient (Wildman–Crippen LogP) is 15.4. The predicted molar refractivity (Wildman–Crippen MR) is 271 cm³/mol. The van der Waals surface area contributed by atoms with Crippen LogP contribution < -0.4 is 0 Å². The Balaban J connectivity index is 1.03. The van der Waals surface area contributed by atoms with Crippen molar-refractivity contribution in [2.24, 2.45) is 0 Å². The summed E-state index contributed by atoms with van der Waals surface area (Å²) in [5.74, 6) is 0.710. The summed E-state index contributed by atoms with van der Waals surface area (Å²) in [5.41, 5.74) is 14.2. The van der Waals surface area contributed by atoms with Gasteiger partial charge in [-0.25, -0.2) is 9.97 Å². The van der Waals surface area contributed by atoms with Gasteiger partial charge in [0, 0.05) is 71.3 Å². The highest BCUT2D eigenvalue weighted by Crippen LogP contribution is 2.41. The van der Waals surface area contributed by atoms with E-state index >= 15 is 0 Å². The number of hydrogen-bond donors (Lipinski definition) is 0. The van der Waals surface area contributed by atoms with E-state index in [1.807, 2.05) is 18.2 Å². The fourth-order valence-corrected chi connectivity index (χ4v) is 10.5. The van der Waals surface area contributed by atoms with Crippen LogP contribution in [0.3, 0.4) is 0 Å². The molecular formula is C60H37N5. The maximum Gasteiger partial charge on any atom is 0.160 e. The third kappa shape index (κ3) is 5.33. The Morgan fingerprint density at radius 3 is 1.26 bits per heavy atom. The third-order valence-corrected chi connectivity index (χ3v) is 13.4. The van der Waals surface area contributed by atoms with E-state index in [1.165, 1.54) is 54.4 Å². The molecule has 14 aromatic rings. The van der Waals surface area contributed by atoms with Gasteiger partial charge in [0.05, 0.1) is 44.3 Å². The van der Waals surface area contributed by atoms with E-state index in [9.17, 15) is 0 Å². The molecule has 0 aliphatic rings. The van der Waals surface area contributed by atoms with Crippen molar-refractivity contribution in [1.82, 2.24) is 23.7 Å². The minimum Gasteiger partial charge on any atom is -0.309 e. The Morgan fingerprint density at radius 2 is 0.708 bits per heavy atom. The molecule has 0 N–H and O–H groups in total.